The van der Waals surface area contributed by atoms with E-state index in [-0.39, 0.29) is 0 Å². The van der Waals surface area contributed by atoms with E-state index < -0.39 is 0 Å². The van der Waals surface area contributed by atoms with E-state index in [0.717, 1.165) is 12.3 Å². The molecule has 0 nitrogen and oxygen atoms in total. The topological polar surface area (TPSA) is 0 Å². The summed E-state index contributed by atoms with van der Waals surface area (Å²) in [6.07, 6.45) is 8.98. The van der Waals surface area contributed by atoms with Crippen molar-refractivity contribution in [1.29, 1.82) is 0 Å². The van der Waals surface area contributed by atoms with Gasteiger partial charge in [-0.25, -0.2) is 0 Å². The van der Waals surface area contributed by atoms with E-state index in [9.17, 15) is 0 Å². The molecule has 0 spiro atoms. The minimum atomic E-state index is 0.855. The Morgan fingerprint density at radius 2 is 2.14 bits per heavy atom. The summed E-state index contributed by atoms with van der Waals surface area (Å²) < 4.78 is 0. The van der Waals surface area contributed by atoms with Gasteiger partial charge in [0.15, 0.2) is 0 Å². The van der Waals surface area contributed by atoms with E-state index in [0.29, 0.717) is 0 Å². The first-order valence-corrected chi connectivity index (χ1v) is 6.21. The highest BCUT2D eigenvalue weighted by Gasteiger charge is 2.00. The number of rotatable bonds is 8. The maximum atomic E-state index is 3.73. The van der Waals surface area contributed by atoms with Crippen molar-refractivity contribution < 1.29 is 0 Å². The Bertz CT molecular complexity index is 191. The number of allylic oxidation sites excluding steroid dienone is 3. The van der Waals surface area contributed by atoms with Gasteiger partial charge in [-0.05, 0) is 29.1 Å². The molecule has 0 aromatic carbocycles. The molecule has 0 aliphatic rings. The second-order valence-corrected chi connectivity index (χ2v) is 4.65. The van der Waals surface area contributed by atoms with Crippen LogP contribution >= 0.6 is 11.8 Å². The van der Waals surface area contributed by atoms with Crippen molar-refractivity contribution in [1.82, 2.24) is 0 Å². The zero-order valence-corrected chi connectivity index (χ0v) is 10.3. The molecule has 0 saturated heterocycles. The summed E-state index contributed by atoms with van der Waals surface area (Å²) in [7, 11) is 0. The van der Waals surface area contributed by atoms with E-state index in [1.165, 1.54) is 24.2 Å². The van der Waals surface area contributed by atoms with Crippen molar-refractivity contribution in [3.63, 3.8) is 0 Å². The summed E-state index contributed by atoms with van der Waals surface area (Å²) >= 11 is 1.71. The van der Waals surface area contributed by atoms with Crippen molar-refractivity contribution in [3.05, 3.63) is 35.6 Å². The van der Waals surface area contributed by atoms with E-state index in [2.05, 4.69) is 33.1 Å². The summed E-state index contributed by atoms with van der Waals surface area (Å²) in [5.41, 5.74) is 0. The second kappa shape index (κ2) is 9.14. The van der Waals surface area contributed by atoms with Crippen LogP contribution in [0.25, 0.3) is 0 Å². The Morgan fingerprint density at radius 3 is 2.64 bits per heavy atom. The fourth-order valence-corrected chi connectivity index (χ4v) is 1.90. The van der Waals surface area contributed by atoms with Crippen molar-refractivity contribution in [2.45, 2.75) is 39.5 Å². The fourth-order valence-electron chi connectivity index (χ4n) is 1.25. The molecule has 0 aromatic rings. The average molecular weight is 210 g/mol. The van der Waals surface area contributed by atoms with Gasteiger partial charge in [0.2, 0.25) is 0 Å². The lowest BCUT2D eigenvalue weighted by Gasteiger charge is -2.08. The lowest BCUT2D eigenvalue weighted by Crippen LogP contribution is -1.91. The molecule has 0 aliphatic carbocycles. The Morgan fingerprint density at radius 1 is 1.43 bits per heavy atom. The normalized spacial score (nSPS) is 13.7. The molecule has 0 aromatic heterocycles. The molecule has 0 rings (SSSR count). The van der Waals surface area contributed by atoms with Gasteiger partial charge in [-0.15, -0.1) is 11.8 Å². The van der Waals surface area contributed by atoms with E-state index in [4.69, 9.17) is 0 Å². The van der Waals surface area contributed by atoms with Crippen molar-refractivity contribution in [2.24, 2.45) is 5.92 Å². The molecule has 80 valence electrons. The molecule has 1 unspecified atom stereocenters. The fraction of sp³-hybridized carbons (Fsp3) is 0.538. The second-order valence-electron chi connectivity index (χ2n) is 3.56. The molecule has 1 heteroatoms. The Labute approximate surface area is 93.2 Å². The Kier molecular flexibility index (Phi) is 8.86. The van der Waals surface area contributed by atoms with Crippen LogP contribution in [0.15, 0.2) is 35.6 Å². The molecule has 0 saturated carbocycles. The monoisotopic (exact) mass is 210 g/mol. The van der Waals surface area contributed by atoms with Gasteiger partial charge in [0.1, 0.15) is 0 Å². The van der Waals surface area contributed by atoms with Gasteiger partial charge < -0.3 is 0 Å². The van der Waals surface area contributed by atoms with Crippen molar-refractivity contribution in [2.75, 3.05) is 0 Å². The third-order valence-corrected chi connectivity index (χ3v) is 3.17. The van der Waals surface area contributed by atoms with Crippen molar-refractivity contribution >= 4 is 11.8 Å². The molecule has 0 radical (unpaired) electrons. The van der Waals surface area contributed by atoms with Gasteiger partial charge >= 0.3 is 0 Å². The smallest absolute Gasteiger partial charge is 0.0109 e. The Balaban J connectivity index is 3.76. The maximum absolute atomic E-state index is 3.73. The van der Waals surface area contributed by atoms with E-state index in [1.807, 2.05) is 11.5 Å². The van der Waals surface area contributed by atoms with E-state index in [1.54, 1.807) is 11.8 Å². The zero-order valence-electron chi connectivity index (χ0n) is 9.46. The maximum Gasteiger partial charge on any atom is -0.0109 e. The standard InChI is InChI=1S/C13H22S/c1-5-9-13(14-7-3)11-8-10-12(4)6-2/h5,7,9,12H,1,3,6,8,10-11H2,2,4H3/b13-9-. The van der Waals surface area contributed by atoms with Crippen molar-refractivity contribution in [3.8, 4) is 0 Å². The first kappa shape index (κ1) is 13.6. The number of hydrogen-bond acceptors (Lipinski definition) is 1. The molecule has 1 atom stereocenters. The molecule has 0 N–H and O–H groups in total. The van der Waals surface area contributed by atoms with Gasteiger partial charge in [-0.3, -0.25) is 0 Å². The highest BCUT2D eigenvalue weighted by molar-refractivity contribution is 8.05. The molecule has 14 heavy (non-hydrogen) atoms. The van der Waals surface area contributed by atoms with Crippen LogP contribution in [0.5, 0.6) is 0 Å². The molecule has 0 heterocycles. The van der Waals surface area contributed by atoms with Crippen LogP contribution in [0.2, 0.25) is 0 Å². The van der Waals surface area contributed by atoms with Crippen LogP contribution in [-0.2, 0) is 0 Å². The largest absolute Gasteiger partial charge is 0.103 e. The van der Waals surface area contributed by atoms with E-state index >= 15 is 0 Å². The minimum absolute atomic E-state index is 0.855. The summed E-state index contributed by atoms with van der Waals surface area (Å²) in [6.45, 7) is 12.0. The summed E-state index contributed by atoms with van der Waals surface area (Å²) in [4.78, 5) is 1.37. The van der Waals surface area contributed by atoms with Crippen LogP contribution in [0.1, 0.15) is 39.5 Å². The Hall–Kier alpha value is -0.430. The molecular weight excluding hydrogens is 188 g/mol. The minimum Gasteiger partial charge on any atom is -0.103 e. The van der Waals surface area contributed by atoms with Gasteiger partial charge in [-0.1, -0.05) is 52.0 Å². The third-order valence-electron chi connectivity index (χ3n) is 2.36. The molecule has 0 aliphatic heterocycles. The van der Waals surface area contributed by atoms with Crippen LogP contribution < -0.4 is 0 Å². The number of hydrogen-bond donors (Lipinski definition) is 0. The lowest BCUT2D eigenvalue weighted by molar-refractivity contribution is 0.497. The third kappa shape index (κ3) is 7.02. The summed E-state index contributed by atoms with van der Waals surface area (Å²) in [5.74, 6) is 0.855. The van der Waals surface area contributed by atoms with Gasteiger partial charge in [0, 0.05) is 0 Å². The average Bonchev–Trinajstić information content (AvgIpc) is 2.18. The quantitative estimate of drug-likeness (QED) is 0.499. The molecular formula is C13H22S. The predicted octanol–water partition coefficient (Wildman–Crippen LogP) is 5.15. The van der Waals surface area contributed by atoms with Crippen LogP contribution in [0, 0.1) is 5.92 Å². The molecule has 0 bridgehead atoms. The summed E-state index contributed by atoms with van der Waals surface area (Å²) in [5, 5.41) is 1.89. The first-order valence-electron chi connectivity index (χ1n) is 5.33. The van der Waals surface area contributed by atoms with Crippen LogP contribution in [0.3, 0.4) is 0 Å². The van der Waals surface area contributed by atoms with Crippen LogP contribution in [0.4, 0.5) is 0 Å². The number of thioether (sulfide) groups is 1. The molecule has 0 amide bonds. The zero-order chi connectivity index (χ0) is 10.8. The van der Waals surface area contributed by atoms with Gasteiger partial charge in [-0.2, -0.15) is 0 Å². The lowest BCUT2D eigenvalue weighted by atomic mass is 10.0. The van der Waals surface area contributed by atoms with Gasteiger partial charge in [0.05, 0.1) is 0 Å². The highest BCUT2D eigenvalue weighted by atomic mass is 32.2. The first-order chi connectivity index (χ1) is 6.74. The summed E-state index contributed by atoms with van der Waals surface area (Å²) in [6, 6.07) is 0. The highest BCUT2D eigenvalue weighted by Crippen LogP contribution is 2.24. The molecule has 0 fully saturated rings. The van der Waals surface area contributed by atoms with Crippen LogP contribution in [-0.4, -0.2) is 0 Å². The SMILES string of the molecule is C=C/C=C(/CCCC(C)CC)SC=C. The predicted molar refractivity (Wildman–Crippen MR) is 69.4 cm³/mol. The van der Waals surface area contributed by atoms with Gasteiger partial charge in [0.25, 0.3) is 0 Å².